The molecule has 0 saturated heterocycles. The van der Waals surface area contributed by atoms with Gasteiger partial charge in [0.1, 0.15) is 19.5 Å². The summed E-state index contributed by atoms with van der Waals surface area (Å²) in [4.78, 5) is 23.1. The minimum atomic E-state index is -0.590. The number of methoxy groups -OCH3 is 1. The standard InChI is InChI=1S/C22H23N2O5/c1-6-10-28-18-9-7-8-16(12-18)15(3)24-17-11-14(2)21(29-24)19(13-17)20(23-27-5)22(25)26-4/h1,7-9,12-13,15H,10-11H2,2-5H3/q+1. The number of ether oxygens (including phenoxy) is 2. The average molecular weight is 395 g/mol. The number of hydroxylamine groups is 1. The SMILES string of the molecule is C#CCOc1cccc(C(C)[N+]2=C3C=C(C(=NOC)C(=O)OC)C(=C(C)C3)O2)c1. The van der Waals surface area contributed by atoms with E-state index in [0.29, 0.717) is 23.5 Å². The molecule has 1 atom stereocenters. The highest BCUT2D eigenvalue weighted by Gasteiger charge is 2.41. The molecule has 1 unspecified atom stereocenters. The molecule has 1 aliphatic carbocycles. The smallest absolute Gasteiger partial charge is 0.360 e. The van der Waals surface area contributed by atoms with Gasteiger partial charge in [0.05, 0.1) is 19.1 Å². The van der Waals surface area contributed by atoms with E-state index in [9.17, 15) is 4.79 Å². The van der Waals surface area contributed by atoms with Crippen molar-refractivity contribution in [2.45, 2.75) is 26.3 Å². The summed E-state index contributed by atoms with van der Waals surface area (Å²) in [6, 6.07) is 7.61. The summed E-state index contributed by atoms with van der Waals surface area (Å²) in [5.74, 6) is 3.15. The molecule has 7 heteroatoms. The van der Waals surface area contributed by atoms with Crippen molar-refractivity contribution in [2.75, 3.05) is 20.8 Å². The van der Waals surface area contributed by atoms with Gasteiger partial charge in [0.25, 0.3) is 0 Å². The number of nitrogens with zero attached hydrogens (tertiary/aromatic N) is 2. The summed E-state index contributed by atoms with van der Waals surface area (Å²) < 4.78 is 12.2. The second-order valence-electron chi connectivity index (χ2n) is 6.61. The maximum Gasteiger partial charge on any atom is 0.360 e. The van der Waals surface area contributed by atoms with Gasteiger partial charge in [-0.15, -0.1) is 6.42 Å². The fourth-order valence-corrected chi connectivity index (χ4v) is 3.30. The van der Waals surface area contributed by atoms with Crippen LogP contribution in [0.5, 0.6) is 5.75 Å². The van der Waals surface area contributed by atoms with Gasteiger partial charge in [0, 0.05) is 18.6 Å². The fraction of sp³-hybridized carbons (Fsp3) is 0.318. The van der Waals surface area contributed by atoms with Crippen LogP contribution < -0.4 is 4.74 Å². The van der Waals surface area contributed by atoms with Gasteiger partial charge in [0.2, 0.25) is 17.5 Å². The molecule has 0 N–H and O–H groups in total. The van der Waals surface area contributed by atoms with Crippen LogP contribution in [-0.2, 0) is 19.2 Å². The number of hydrogen-bond donors (Lipinski definition) is 0. The van der Waals surface area contributed by atoms with Crippen molar-refractivity contribution >= 4 is 17.4 Å². The van der Waals surface area contributed by atoms with Gasteiger partial charge >= 0.3 is 5.97 Å². The van der Waals surface area contributed by atoms with Crippen LogP contribution in [0.1, 0.15) is 31.9 Å². The molecule has 2 aliphatic heterocycles. The molecule has 29 heavy (non-hydrogen) atoms. The highest BCUT2D eigenvalue weighted by molar-refractivity contribution is 6.45. The molecule has 0 saturated carbocycles. The van der Waals surface area contributed by atoms with Gasteiger partial charge < -0.3 is 14.3 Å². The van der Waals surface area contributed by atoms with E-state index in [0.717, 1.165) is 16.8 Å². The van der Waals surface area contributed by atoms with Gasteiger partial charge in [-0.05, 0) is 29.4 Å². The van der Waals surface area contributed by atoms with Gasteiger partial charge in [-0.1, -0.05) is 23.2 Å². The van der Waals surface area contributed by atoms with Crippen LogP contribution >= 0.6 is 0 Å². The van der Waals surface area contributed by atoms with E-state index < -0.39 is 5.97 Å². The summed E-state index contributed by atoms with van der Waals surface area (Å²) in [5, 5.41) is 3.84. The van der Waals surface area contributed by atoms with Crippen LogP contribution in [0.3, 0.4) is 0 Å². The van der Waals surface area contributed by atoms with Crippen LogP contribution in [-0.4, -0.2) is 43.0 Å². The predicted molar refractivity (Wildman–Crippen MR) is 107 cm³/mol. The van der Waals surface area contributed by atoms with Crippen molar-refractivity contribution in [1.29, 1.82) is 0 Å². The lowest BCUT2D eigenvalue weighted by Gasteiger charge is -2.25. The zero-order valence-corrected chi connectivity index (χ0v) is 16.9. The molecular weight excluding hydrogens is 372 g/mol. The van der Waals surface area contributed by atoms with Crippen LogP contribution in [0, 0.1) is 12.3 Å². The molecule has 3 aliphatic rings. The van der Waals surface area contributed by atoms with E-state index in [1.165, 1.54) is 14.2 Å². The Morgan fingerprint density at radius 3 is 2.86 bits per heavy atom. The quantitative estimate of drug-likeness (QED) is 0.233. The third-order valence-corrected chi connectivity index (χ3v) is 4.69. The van der Waals surface area contributed by atoms with E-state index in [1.54, 1.807) is 0 Å². The lowest BCUT2D eigenvalue weighted by Crippen LogP contribution is -2.35. The molecule has 0 fully saturated rings. The van der Waals surface area contributed by atoms with Crippen LogP contribution in [0.4, 0.5) is 0 Å². The molecule has 2 bridgehead atoms. The molecule has 150 valence electrons. The first-order valence-electron chi connectivity index (χ1n) is 9.11. The highest BCUT2D eigenvalue weighted by Crippen LogP contribution is 2.35. The zero-order chi connectivity index (χ0) is 21.0. The number of carbonyl (C=O) groups is 1. The topological polar surface area (TPSA) is 69.4 Å². The number of rotatable bonds is 7. The third-order valence-electron chi connectivity index (χ3n) is 4.69. The summed E-state index contributed by atoms with van der Waals surface area (Å²) in [7, 11) is 2.68. The molecule has 7 nitrogen and oxygen atoms in total. The Morgan fingerprint density at radius 2 is 2.21 bits per heavy atom. The number of carbonyl (C=O) groups excluding carboxylic acids is 1. The molecule has 0 spiro atoms. The van der Waals surface area contributed by atoms with Crippen LogP contribution in [0.2, 0.25) is 0 Å². The minimum absolute atomic E-state index is 0.0681. The van der Waals surface area contributed by atoms with Gasteiger partial charge in [0.15, 0.2) is 5.71 Å². The maximum atomic E-state index is 12.1. The Bertz CT molecular complexity index is 995. The lowest BCUT2D eigenvalue weighted by molar-refractivity contribution is -0.803. The predicted octanol–water partition coefficient (Wildman–Crippen LogP) is 2.94. The van der Waals surface area contributed by atoms with Crippen molar-refractivity contribution in [3.63, 3.8) is 0 Å². The van der Waals surface area contributed by atoms with Crippen molar-refractivity contribution in [3.05, 3.63) is 52.8 Å². The van der Waals surface area contributed by atoms with Gasteiger partial charge in [-0.3, -0.25) is 0 Å². The highest BCUT2D eigenvalue weighted by atomic mass is 16.7. The molecule has 1 aromatic rings. The van der Waals surface area contributed by atoms with E-state index in [-0.39, 0.29) is 18.4 Å². The van der Waals surface area contributed by atoms with E-state index in [1.807, 2.05) is 48.9 Å². The first-order valence-corrected chi connectivity index (χ1v) is 9.11. The maximum absolute atomic E-state index is 12.1. The zero-order valence-electron chi connectivity index (χ0n) is 16.9. The number of esters is 1. The second kappa shape index (κ2) is 8.65. The van der Waals surface area contributed by atoms with Gasteiger partial charge in [-0.25, -0.2) is 9.63 Å². The van der Waals surface area contributed by atoms with Gasteiger partial charge in [-0.2, -0.15) is 0 Å². The summed E-state index contributed by atoms with van der Waals surface area (Å²) in [6.07, 6.45) is 7.86. The minimum Gasteiger partial charge on any atom is -0.481 e. The Kier molecular flexibility index (Phi) is 6.03. The third kappa shape index (κ3) is 4.02. The number of hydrogen-bond acceptors (Lipinski definition) is 6. The molecule has 0 radical (unpaired) electrons. The normalized spacial score (nSPS) is 16.7. The van der Waals surface area contributed by atoms with Crippen LogP contribution in [0.15, 0.2) is 52.4 Å². The average Bonchev–Trinajstić information content (AvgIpc) is 2.75. The summed E-state index contributed by atoms with van der Waals surface area (Å²) >= 11 is 0. The van der Waals surface area contributed by atoms with Crippen molar-refractivity contribution in [2.24, 2.45) is 5.16 Å². The van der Waals surface area contributed by atoms with E-state index in [4.69, 9.17) is 25.6 Å². The first kappa shape index (κ1) is 20.2. The molecule has 0 amide bonds. The van der Waals surface area contributed by atoms with Crippen LogP contribution in [0.25, 0.3) is 0 Å². The monoisotopic (exact) mass is 395 g/mol. The Balaban J connectivity index is 1.97. The number of benzene rings is 1. The molecule has 4 rings (SSSR count). The number of oxime groups is 1. The largest absolute Gasteiger partial charge is 0.481 e. The summed E-state index contributed by atoms with van der Waals surface area (Å²) in [5.41, 5.74) is 3.53. The summed E-state index contributed by atoms with van der Waals surface area (Å²) in [6.45, 7) is 4.20. The number of fused-ring (bicyclic) bond motifs is 2. The number of terminal acetylenes is 1. The molecule has 1 aromatic carbocycles. The second-order valence-corrected chi connectivity index (χ2v) is 6.61. The van der Waals surface area contributed by atoms with E-state index in [2.05, 4.69) is 11.1 Å². The lowest BCUT2D eigenvalue weighted by atomic mass is 9.92. The molecule has 0 aromatic heterocycles. The first-order chi connectivity index (χ1) is 14.0. The number of allylic oxidation sites excluding steroid dienone is 3. The van der Waals surface area contributed by atoms with Crippen molar-refractivity contribution in [1.82, 2.24) is 0 Å². The molecular formula is C22H23N2O5+. The van der Waals surface area contributed by atoms with Crippen molar-refractivity contribution in [3.8, 4) is 18.1 Å². The Hall–Kier alpha value is -3.53. The fourth-order valence-electron chi connectivity index (χ4n) is 3.30. The Morgan fingerprint density at radius 1 is 1.41 bits per heavy atom. The Labute approximate surface area is 169 Å². The van der Waals surface area contributed by atoms with Crippen molar-refractivity contribution < 1.29 is 28.7 Å². The van der Waals surface area contributed by atoms with E-state index >= 15 is 0 Å². The molecule has 2 heterocycles.